The van der Waals surface area contributed by atoms with E-state index >= 15 is 0 Å². The van der Waals surface area contributed by atoms with Crippen LogP contribution in [0.2, 0.25) is 0 Å². The standard InChI is InChI=1S/C14H22N4O/c1-10-5-4-7-16-13(10)14(19)17-11-9-15-8-6-12(11)18(2)3/h6,8-10,13,16H,4-5,7H2,1-3H3,(H,17,19). The van der Waals surface area contributed by atoms with Gasteiger partial charge in [0.15, 0.2) is 0 Å². The fourth-order valence-electron chi connectivity index (χ4n) is 2.48. The van der Waals surface area contributed by atoms with Gasteiger partial charge in [-0.2, -0.15) is 0 Å². The molecule has 2 N–H and O–H groups in total. The van der Waals surface area contributed by atoms with Crippen LogP contribution in [0.1, 0.15) is 19.8 Å². The molecule has 0 saturated carbocycles. The van der Waals surface area contributed by atoms with Crippen LogP contribution >= 0.6 is 0 Å². The van der Waals surface area contributed by atoms with Crippen LogP contribution in [0.25, 0.3) is 0 Å². The lowest BCUT2D eigenvalue weighted by Crippen LogP contribution is -2.48. The van der Waals surface area contributed by atoms with Crippen molar-refractivity contribution in [1.82, 2.24) is 10.3 Å². The minimum atomic E-state index is -0.107. The molecule has 2 atom stereocenters. The number of piperidine rings is 1. The molecule has 0 bridgehead atoms. The van der Waals surface area contributed by atoms with Crippen molar-refractivity contribution < 1.29 is 4.79 Å². The molecule has 1 amide bonds. The number of carbonyl (C=O) groups excluding carboxylic acids is 1. The normalized spacial score (nSPS) is 22.9. The number of rotatable bonds is 3. The molecule has 2 unspecified atom stereocenters. The van der Waals surface area contributed by atoms with Crippen molar-refractivity contribution in [3.63, 3.8) is 0 Å². The van der Waals surface area contributed by atoms with E-state index in [1.165, 1.54) is 0 Å². The van der Waals surface area contributed by atoms with E-state index in [0.717, 1.165) is 30.8 Å². The zero-order chi connectivity index (χ0) is 13.8. The van der Waals surface area contributed by atoms with Gasteiger partial charge >= 0.3 is 0 Å². The summed E-state index contributed by atoms with van der Waals surface area (Å²) < 4.78 is 0. The third-order valence-corrected chi connectivity index (χ3v) is 3.59. The molecule has 1 aromatic rings. The minimum absolute atomic E-state index is 0.0308. The van der Waals surface area contributed by atoms with Crippen molar-refractivity contribution in [1.29, 1.82) is 0 Å². The summed E-state index contributed by atoms with van der Waals surface area (Å²) in [5.41, 5.74) is 1.73. The van der Waals surface area contributed by atoms with E-state index < -0.39 is 0 Å². The lowest BCUT2D eigenvalue weighted by Gasteiger charge is -2.29. The molecular formula is C14H22N4O. The first-order valence-corrected chi connectivity index (χ1v) is 6.75. The number of aromatic nitrogens is 1. The highest BCUT2D eigenvalue weighted by Crippen LogP contribution is 2.24. The first-order valence-electron chi connectivity index (χ1n) is 6.75. The summed E-state index contributed by atoms with van der Waals surface area (Å²) in [4.78, 5) is 18.4. The van der Waals surface area contributed by atoms with Crippen LogP contribution in [0.5, 0.6) is 0 Å². The summed E-state index contributed by atoms with van der Waals surface area (Å²) in [5.74, 6) is 0.400. The molecule has 1 aliphatic heterocycles. The zero-order valence-electron chi connectivity index (χ0n) is 11.8. The number of pyridine rings is 1. The molecule has 1 aliphatic rings. The molecule has 0 radical (unpaired) electrons. The number of hydrogen-bond acceptors (Lipinski definition) is 4. The highest BCUT2D eigenvalue weighted by atomic mass is 16.2. The topological polar surface area (TPSA) is 57.3 Å². The van der Waals surface area contributed by atoms with Crippen molar-refractivity contribution in [2.24, 2.45) is 5.92 Å². The Morgan fingerprint density at radius 2 is 2.32 bits per heavy atom. The van der Waals surface area contributed by atoms with E-state index in [2.05, 4.69) is 22.5 Å². The Labute approximate surface area is 114 Å². The van der Waals surface area contributed by atoms with Crippen LogP contribution in [-0.4, -0.2) is 37.6 Å². The summed E-state index contributed by atoms with van der Waals surface area (Å²) in [5, 5.41) is 6.28. The van der Waals surface area contributed by atoms with E-state index in [1.807, 2.05) is 25.1 Å². The molecule has 2 rings (SSSR count). The van der Waals surface area contributed by atoms with Crippen LogP contribution in [0.15, 0.2) is 18.5 Å². The Morgan fingerprint density at radius 1 is 1.53 bits per heavy atom. The van der Waals surface area contributed by atoms with Gasteiger partial charge < -0.3 is 15.5 Å². The van der Waals surface area contributed by atoms with Gasteiger partial charge in [0.1, 0.15) is 0 Å². The van der Waals surface area contributed by atoms with Gasteiger partial charge in [0.05, 0.1) is 23.6 Å². The highest BCUT2D eigenvalue weighted by Gasteiger charge is 2.27. The zero-order valence-corrected chi connectivity index (χ0v) is 11.8. The minimum Gasteiger partial charge on any atom is -0.376 e. The van der Waals surface area contributed by atoms with Crippen LogP contribution in [0.4, 0.5) is 11.4 Å². The maximum Gasteiger partial charge on any atom is 0.241 e. The Bertz CT molecular complexity index is 447. The highest BCUT2D eigenvalue weighted by molar-refractivity contribution is 5.97. The lowest BCUT2D eigenvalue weighted by atomic mass is 9.92. The largest absolute Gasteiger partial charge is 0.376 e. The van der Waals surface area contributed by atoms with Crippen LogP contribution in [-0.2, 0) is 4.79 Å². The fraction of sp³-hybridized carbons (Fsp3) is 0.571. The van der Waals surface area contributed by atoms with Crippen LogP contribution < -0.4 is 15.5 Å². The van der Waals surface area contributed by atoms with Crippen molar-refractivity contribution in [2.75, 3.05) is 30.9 Å². The van der Waals surface area contributed by atoms with Gasteiger partial charge in [0, 0.05) is 20.3 Å². The number of nitrogens with zero attached hydrogens (tertiary/aromatic N) is 2. The summed E-state index contributed by atoms with van der Waals surface area (Å²) >= 11 is 0. The van der Waals surface area contributed by atoms with Crippen molar-refractivity contribution >= 4 is 17.3 Å². The molecule has 5 nitrogen and oxygen atoms in total. The van der Waals surface area contributed by atoms with Gasteiger partial charge in [-0.1, -0.05) is 6.92 Å². The molecule has 1 aromatic heterocycles. The molecule has 0 aromatic carbocycles. The van der Waals surface area contributed by atoms with E-state index in [4.69, 9.17) is 0 Å². The van der Waals surface area contributed by atoms with E-state index in [1.54, 1.807) is 12.4 Å². The maximum absolute atomic E-state index is 12.3. The van der Waals surface area contributed by atoms with E-state index in [-0.39, 0.29) is 11.9 Å². The van der Waals surface area contributed by atoms with Gasteiger partial charge in [-0.15, -0.1) is 0 Å². The molecule has 1 fully saturated rings. The monoisotopic (exact) mass is 262 g/mol. The Balaban J connectivity index is 2.10. The molecule has 0 spiro atoms. The first-order chi connectivity index (χ1) is 9.09. The second-order valence-electron chi connectivity index (χ2n) is 5.33. The smallest absolute Gasteiger partial charge is 0.241 e. The van der Waals surface area contributed by atoms with E-state index in [0.29, 0.717) is 5.92 Å². The predicted molar refractivity (Wildman–Crippen MR) is 77.4 cm³/mol. The summed E-state index contributed by atoms with van der Waals surface area (Å²) in [6, 6.07) is 1.79. The third-order valence-electron chi connectivity index (χ3n) is 3.59. The van der Waals surface area contributed by atoms with Gasteiger partial charge in [0.25, 0.3) is 0 Å². The Morgan fingerprint density at radius 3 is 3.00 bits per heavy atom. The van der Waals surface area contributed by atoms with Gasteiger partial charge in [-0.3, -0.25) is 9.78 Å². The molecule has 104 valence electrons. The molecular weight excluding hydrogens is 240 g/mol. The molecule has 0 aliphatic carbocycles. The van der Waals surface area contributed by atoms with Gasteiger partial charge in [-0.05, 0) is 31.4 Å². The predicted octanol–water partition coefficient (Wildman–Crippen LogP) is 1.47. The first kappa shape index (κ1) is 13.8. The molecule has 19 heavy (non-hydrogen) atoms. The van der Waals surface area contributed by atoms with Gasteiger partial charge in [-0.25, -0.2) is 0 Å². The summed E-state index contributed by atoms with van der Waals surface area (Å²) in [6.45, 7) is 3.03. The third kappa shape index (κ3) is 3.23. The molecule has 1 saturated heterocycles. The Kier molecular flexibility index (Phi) is 4.37. The SMILES string of the molecule is CC1CCCNC1C(=O)Nc1cnccc1N(C)C. The second-order valence-corrected chi connectivity index (χ2v) is 5.33. The average Bonchev–Trinajstić information content (AvgIpc) is 2.39. The number of hydrogen-bond donors (Lipinski definition) is 2. The second kappa shape index (κ2) is 6.02. The van der Waals surface area contributed by atoms with Crippen molar-refractivity contribution in [2.45, 2.75) is 25.8 Å². The lowest BCUT2D eigenvalue weighted by molar-refractivity contribution is -0.119. The van der Waals surface area contributed by atoms with Crippen LogP contribution in [0.3, 0.4) is 0 Å². The summed E-state index contributed by atoms with van der Waals surface area (Å²) in [6.07, 6.45) is 5.66. The number of carbonyl (C=O) groups is 1. The molecule has 5 heteroatoms. The van der Waals surface area contributed by atoms with Crippen molar-refractivity contribution in [3.05, 3.63) is 18.5 Å². The number of amides is 1. The van der Waals surface area contributed by atoms with Gasteiger partial charge in [0.2, 0.25) is 5.91 Å². The van der Waals surface area contributed by atoms with Crippen molar-refractivity contribution in [3.8, 4) is 0 Å². The van der Waals surface area contributed by atoms with Crippen LogP contribution in [0, 0.1) is 5.92 Å². The average molecular weight is 262 g/mol. The quantitative estimate of drug-likeness (QED) is 0.866. The van der Waals surface area contributed by atoms with E-state index in [9.17, 15) is 4.79 Å². The summed E-state index contributed by atoms with van der Waals surface area (Å²) in [7, 11) is 3.90. The Hall–Kier alpha value is -1.62. The molecule has 2 heterocycles. The number of anilines is 2. The fourth-order valence-corrected chi connectivity index (χ4v) is 2.48. The maximum atomic E-state index is 12.3. The number of nitrogens with one attached hydrogen (secondary N) is 2.